The molecule has 1 heterocycles. The molecule has 0 bridgehead atoms. The topological polar surface area (TPSA) is 41.6 Å². The zero-order chi connectivity index (χ0) is 23.2. The van der Waals surface area contributed by atoms with Gasteiger partial charge in [-0.2, -0.15) is 0 Å². The molecule has 6 heteroatoms. The average Bonchev–Trinajstić information content (AvgIpc) is 2.81. The van der Waals surface area contributed by atoms with Gasteiger partial charge in [0.25, 0.3) is 0 Å². The minimum absolute atomic E-state index is 0.172. The van der Waals surface area contributed by atoms with Crippen molar-refractivity contribution in [3.05, 3.63) is 101 Å². The number of ether oxygens (including phenoxy) is 1. The molecule has 0 spiro atoms. The van der Waals surface area contributed by atoms with E-state index in [1.165, 1.54) is 30.7 Å². The molecule has 1 aliphatic rings. The van der Waals surface area contributed by atoms with Gasteiger partial charge in [-0.05, 0) is 53.0 Å². The summed E-state index contributed by atoms with van der Waals surface area (Å²) >= 11 is 0. The minimum atomic E-state index is -0.642. The maximum Gasteiger partial charge on any atom is 0.302 e. The Balaban J connectivity index is 1.53. The van der Waals surface area contributed by atoms with E-state index in [1.807, 2.05) is 30.3 Å². The summed E-state index contributed by atoms with van der Waals surface area (Å²) in [5.41, 5.74) is 4.87. The summed E-state index contributed by atoms with van der Waals surface area (Å²) in [5.74, 6) is -1.60. The highest BCUT2D eigenvalue weighted by Crippen LogP contribution is 2.30. The lowest BCUT2D eigenvalue weighted by atomic mass is 9.93. The number of rotatable bonds is 7. The number of nitrogens with one attached hydrogen (secondary N) is 1. The Morgan fingerprint density at radius 3 is 2.33 bits per heavy atom. The third kappa shape index (κ3) is 5.84. The van der Waals surface area contributed by atoms with E-state index in [0.29, 0.717) is 12.2 Å². The standard InChI is InChI=1S/C27H26F2N2O2/c1-19(32)33-18-22-17-31(16-20-6-3-2-4-7-20)15-14-24(22)21-10-12-23(13-11-21)30-27-25(28)8-5-9-26(27)29/h2-13,30H,14-18H2,1H3. The zero-order valence-electron chi connectivity index (χ0n) is 18.5. The molecule has 3 aromatic carbocycles. The highest BCUT2D eigenvalue weighted by molar-refractivity contribution is 5.73. The molecule has 0 radical (unpaired) electrons. The van der Waals surface area contributed by atoms with E-state index in [0.717, 1.165) is 36.2 Å². The molecule has 170 valence electrons. The molecule has 1 aliphatic heterocycles. The van der Waals surface area contributed by atoms with Crippen LogP contribution in [0.2, 0.25) is 0 Å². The lowest BCUT2D eigenvalue weighted by Crippen LogP contribution is -2.32. The first kappa shape index (κ1) is 22.7. The molecule has 4 rings (SSSR count). The Morgan fingerprint density at radius 1 is 0.970 bits per heavy atom. The Hall–Kier alpha value is -3.51. The number of nitrogens with zero attached hydrogens (tertiary/aromatic N) is 1. The monoisotopic (exact) mass is 448 g/mol. The summed E-state index contributed by atoms with van der Waals surface area (Å²) < 4.78 is 33.2. The number of benzene rings is 3. The average molecular weight is 449 g/mol. The normalized spacial score (nSPS) is 14.3. The molecule has 0 saturated carbocycles. The van der Waals surface area contributed by atoms with Gasteiger partial charge in [0.1, 0.15) is 23.9 Å². The van der Waals surface area contributed by atoms with Crippen molar-refractivity contribution in [3.63, 3.8) is 0 Å². The molecular formula is C27H26F2N2O2. The molecule has 33 heavy (non-hydrogen) atoms. The van der Waals surface area contributed by atoms with Gasteiger partial charge >= 0.3 is 5.97 Å². The third-order valence-electron chi connectivity index (χ3n) is 5.68. The van der Waals surface area contributed by atoms with E-state index in [4.69, 9.17) is 4.74 Å². The van der Waals surface area contributed by atoms with Gasteiger partial charge in [0.2, 0.25) is 0 Å². The van der Waals surface area contributed by atoms with Gasteiger partial charge < -0.3 is 10.1 Å². The highest BCUT2D eigenvalue weighted by atomic mass is 19.1. The maximum atomic E-state index is 13.9. The number of anilines is 2. The van der Waals surface area contributed by atoms with Crippen molar-refractivity contribution in [2.75, 3.05) is 25.0 Å². The molecular weight excluding hydrogens is 422 g/mol. The molecule has 0 amide bonds. The number of hydrogen-bond acceptors (Lipinski definition) is 4. The van der Waals surface area contributed by atoms with Crippen LogP contribution in [0.1, 0.15) is 24.5 Å². The van der Waals surface area contributed by atoms with E-state index in [-0.39, 0.29) is 18.3 Å². The first-order chi connectivity index (χ1) is 16.0. The summed E-state index contributed by atoms with van der Waals surface area (Å²) in [7, 11) is 0. The Bertz CT molecular complexity index is 1120. The van der Waals surface area contributed by atoms with Crippen LogP contribution in [0, 0.1) is 11.6 Å². The van der Waals surface area contributed by atoms with Crippen molar-refractivity contribution in [2.24, 2.45) is 0 Å². The molecule has 1 N–H and O–H groups in total. The maximum absolute atomic E-state index is 13.9. The van der Waals surface area contributed by atoms with Gasteiger partial charge in [0.15, 0.2) is 0 Å². The van der Waals surface area contributed by atoms with E-state index in [1.54, 1.807) is 12.1 Å². The van der Waals surface area contributed by atoms with E-state index >= 15 is 0 Å². The number of carbonyl (C=O) groups is 1. The van der Waals surface area contributed by atoms with Crippen LogP contribution in [0.25, 0.3) is 5.57 Å². The summed E-state index contributed by atoms with van der Waals surface area (Å²) in [6.07, 6.45) is 0.818. The Labute approximate surface area is 192 Å². The van der Waals surface area contributed by atoms with Gasteiger partial charge in [0, 0.05) is 32.2 Å². The van der Waals surface area contributed by atoms with E-state index in [2.05, 4.69) is 22.3 Å². The van der Waals surface area contributed by atoms with Crippen LogP contribution < -0.4 is 5.32 Å². The predicted molar refractivity (Wildman–Crippen MR) is 126 cm³/mol. The van der Waals surface area contributed by atoms with Crippen LogP contribution in [0.3, 0.4) is 0 Å². The zero-order valence-corrected chi connectivity index (χ0v) is 18.5. The van der Waals surface area contributed by atoms with Crippen molar-refractivity contribution in [1.29, 1.82) is 0 Å². The summed E-state index contributed by atoms with van der Waals surface area (Å²) in [5, 5.41) is 2.81. The van der Waals surface area contributed by atoms with Crippen LogP contribution in [0.4, 0.5) is 20.2 Å². The van der Waals surface area contributed by atoms with Crippen LogP contribution >= 0.6 is 0 Å². The van der Waals surface area contributed by atoms with E-state index in [9.17, 15) is 13.6 Å². The van der Waals surface area contributed by atoms with Crippen molar-refractivity contribution in [3.8, 4) is 0 Å². The molecule has 3 aromatic rings. The second-order valence-corrected chi connectivity index (χ2v) is 8.11. The quantitative estimate of drug-likeness (QED) is 0.455. The number of halogens is 2. The smallest absolute Gasteiger partial charge is 0.302 e. The van der Waals surface area contributed by atoms with Crippen molar-refractivity contribution in [1.82, 2.24) is 4.90 Å². The van der Waals surface area contributed by atoms with Gasteiger partial charge in [0.05, 0.1) is 0 Å². The molecule has 0 unspecified atom stereocenters. The van der Waals surface area contributed by atoms with Crippen LogP contribution in [0.5, 0.6) is 0 Å². The lowest BCUT2D eigenvalue weighted by Gasteiger charge is -2.31. The van der Waals surface area contributed by atoms with Crippen molar-refractivity contribution in [2.45, 2.75) is 19.9 Å². The fraction of sp³-hybridized carbons (Fsp3) is 0.222. The third-order valence-corrected chi connectivity index (χ3v) is 5.68. The fourth-order valence-electron chi connectivity index (χ4n) is 4.05. The largest absolute Gasteiger partial charge is 0.461 e. The fourth-order valence-corrected chi connectivity index (χ4v) is 4.05. The van der Waals surface area contributed by atoms with Gasteiger partial charge in [-0.1, -0.05) is 48.5 Å². The number of para-hydroxylation sites is 1. The lowest BCUT2D eigenvalue weighted by molar-refractivity contribution is -0.140. The minimum Gasteiger partial charge on any atom is -0.461 e. The second kappa shape index (κ2) is 10.4. The molecule has 0 saturated heterocycles. The summed E-state index contributed by atoms with van der Waals surface area (Å²) in [6, 6.07) is 21.5. The van der Waals surface area contributed by atoms with Gasteiger partial charge in [-0.25, -0.2) is 8.78 Å². The molecule has 0 aromatic heterocycles. The number of esters is 1. The van der Waals surface area contributed by atoms with Crippen molar-refractivity contribution < 1.29 is 18.3 Å². The Morgan fingerprint density at radius 2 is 1.67 bits per heavy atom. The second-order valence-electron chi connectivity index (χ2n) is 8.11. The van der Waals surface area contributed by atoms with Crippen LogP contribution in [-0.2, 0) is 16.1 Å². The number of hydrogen-bond donors (Lipinski definition) is 1. The van der Waals surface area contributed by atoms with Crippen molar-refractivity contribution >= 4 is 22.9 Å². The molecule has 4 nitrogen and oxygen atoms in total. The van der Waals surface area contributed by atoms with Crippen LogP contribution in [-0.4, -0.2) is 30.6 Å². The first-order valence-electron chi connectivity index (χ1n) is 10.9. The molecule has 0 fully saturated rings. The predicted octanol–water partition coefficient (Wildman–Crippen LogP) is 5.93. The van der Waals surface area contributed by atoms with Gasteiger partial charge in [-0.3, -0.25) is 9.69 Å². The Kier molecular flexibility index (Phi) is 7.15. The van der Waals surface area contributed by atoms with Crippen LogP contribution in [0.15, 0.2) is 78.4 Å². The van der Waals surface area contributed by atoms with Gasteiger partial charge in [-0.15, -0.1) is 0 Å². The summed E-state index contributed by atoms with van der Waals surface area (Å²) in [4.78, 5) is 13.8. The highest BCUT2D eigenvalue weighted by Gasteiger charge is 2.21. The summed E-state index contributed by atoms with van der Waals surface area (Å²) in [6.45, 7) is 4.07. The first-order valence-corrected chi connectivity index (χ1v) is 10.9. The molecule has 0 aliphatic carbocycles. The molecule has 0 atom stereocenters. The SMILES string of the molecule is CC(=O)OCC1=C(c2ccc(Nc3c(F)cccc3F)cc2)CCN(Cc2ccccc2)C1. The number of carbonyl (C=O) groups excluding carboxylic acids is 1. The van der Waals surface area contributed by atoms with E-state index < -0.39 is 11.6 Å².